The number of rotatable bonds is 4. The lowest BCUT2D eigenvalue weighted by atomic mass is 10.2. The Bertz CT molecular complexity index is 664. The minimum absolute atomic E-state index is 0.0503. The van der Waals surface area contributed by atoms with Gasteiger partial charge in [0.1, 0.15) is 16.0 Å². The van der Waals surface area contributed by atoms with Crippen molar-refractivity contribution in [2.45, 2.75) is 5.33 Å². The zero-order chi connectivity index (χ0) is 14.7. The quantitative estimate of drug-likeness (QED) is 0.362. The van der Waals surface area contributed by atoms with E-state index in [9.17, 15) is 10.1 Å². The second-order valence-corrected chi connectivity index (χ2v) is 5.60. The lowest BCUT2D eigenvalue weighted by Crippen LogP contribution is -1.92. The standard InChI is InChI=1S/C13H8Br2ClNO3/c14-7-8-4-5-9(6-10(8)16)20-12-3-1-2-11(13(12)15)17(18)19/h1-6H,7H2. The first-order chi connectivity index (χ1) is 9.52. The Morgan fingerprint density at radius 2 is 2.05 bits per heavy atom. The summed E-state index contributed by atoms with van der Waals surface area (Å²) in [6, 6.07) is 9.86. The Hall–Kier alpha value is -1.11. The molecular weight excluding hydrogens is 413 g/mol. The van der Waals surface area contributed by atoms with Gasteiger partial charge in [0.2, 0.25) is 0 Å². The van der Waals surface area contributed by atoms with Gasteiger partial charge in [0, 0.05) is 16.4 Å². The Morgan fingerprint density at radius 3 is 2.65 bits per heavy atom. The molecule has 2 aromatic carbocycles. The molecule has 0 amide bonds. The average molecular weight is 421 g/mol. The third-order valence-electron chi connectivity index (χ3n) is 2.54. The third-order valence-corrected chi connectivity index (χ3v) is 4.29. The van der Waals surface area contributed by atoms with Crippen LogP contribution in [0.5, 0.6) is 11.5 Å². The summed E-state index contributed by atoms with van der Waals surface area (Å²) in [7, 11) is 0. The number of hydrogen-bond acceptors (Lipinski definition) is 3. The second kappa shape index (κ2) is 6.56. The minimum Gasteiger partial charge on any atom is -0.456 e. The fourth-order valence-electron chi connectivity index (χ4n) is 1.55. The lowest BCUT2D eigenvalue weighted by Gasteiger charge is -2.09. The maximum Gasteiger partial charge on any atom is 0.287 e. The molecule has 0 bridgehead atoms. The van der Waals surface area contributed by atoms with Crippen LogP contribution >= 0.6 is 43.5 Å². The van der Waals surface area contributed by atoms with E-state index in [-0.39, 0.29) is 5.69 Å². The molecule has 0 heterocycles. The zero-order valence-corrected chi connectivity index (χ0v) is 13.9. The van der Waals surface area contributed by atoms with Crippen molar-refractivity contribution in [3.8, 4) is 11.5 Å². The number of nitro benzene ring substituents is 1. The number of ether oxygens (including phenoxy) is 1. The molecular formula is C13H8Br2ClNO3. The summed E-state index contributed by atoms with van der Waals surface area (Å²) in [6.45, 7) is 0. The Labute approximate surface area is 137 Å². The number of halogens is 3. The summed E-state index contributed by atoms with van der Waals surface area (Å²) in [5.41, 5.74) is 0.891. The number of alkyl halides is 1. The molecule has 0 fully saturated rings. The van der Waals surface area contributed by atoms with Crippen molar-refractivity contribution in [3.05, 3.63) is 61.6 Å². The van der Waals surface area contributed by atoms with Crippen molar-refractivity contribution in [1.82, 2.24) is 0 Å². The molecule has 0 unspecified atom stereocenters. The van der Waals surface area contributed by atoms with E-state index in [2.05, 4.69) is 31.9 Å². The Morgan fingerprint density at radius 1 is 1.30 bits per heavy atom. The first-order valence-corrected chi connectivity index (χ1v) is 7.77. The van der Waals surface area contributed by atoms with Crippen LogP contribution in [0.1, 0.15) is 5.56 Å². The van der Waals surface area contributed by atoms with Gasteiger partial charge in [-0.2, -0.15) is 0 Å². The molecule has 4 nitrogen and oxygen atoms in total. The van der Waals surface area contributed by atoms with E-state index >= 15 is 0 Å². The summed E-state index contributed by atoms with van der Waals surface area (Å²) < 4.78 is 5.93. The highest BCUT2D eigenvalue weighted by Crippen LogP contribution is 2.37. The van der Waals surface area contributed by atoms with Crippen LogP contribution in [0.3, 0.4) is 0 Å². The van der Waals surface area contributed by atoms with Gasteiger partial charge in [-0.15, -0.1) is 0 Å². The van der Waals surface area contributed by atoms with Gasteiger partial charge in [0.15, 0.2) is 0 Å². The van der Waals surface area contributed by atoms with Gasteiger partial charge in [-0.05, 0) is 39.7 Å². The summed E-state index contributed by atoms with van der Waals surface area (Å²) in [5.74, 6) is 0.878. The smallest absolute Gasteiger partial charge is 0.287 e. The molecule has 0 saturated heterocycles. The van der Waals surface area contributed by atoms with Gasteiger partial charge in [-0.25, -0.2) is 0 Å². The second-order valence-electron chi connectivity index (χ2n) is 3.84. The molecule has 0 spiro atoms. The number of nitro groups is 1. The van der Waals surface area contributed by atoms with Crippen molar-refractivity contribution in [3.63, 3.8) is 0 Å². The Balaban J connectivity index is 2.33. The summed E-state index contributed by atoms with van der Waals surface area (Å²) >= 11 is 12.6. The highest BCUT2D eigenvalue weighted by Gasteiger charge is 2.16. The third kappa shape index (κ3) is 3.31. The van der Waals surface area contributed by atoms with Crippen LogP contribution < -0.4 is 4.74 Å². The molecule has 0 aliphatic heterocycles. The van der Waals surface area contributed by atoms with Gasteiger partial charge in [-0.3, -0.25) is 10.1 Å². The maximum absolute atomic E-state index is 10.9. The highest BCUT2D eigenvalue weighted by atomic mass is 79.9. The van der Waals surface area contributed by atoms with E-state index in [0.29, 0.717) is 26.3 Å². The first-order valence-electron chi connectivity index (χ1n) is 5.48. The van der Waals surface area contributed by atoms with Gasteiger partial charge in [0.25, 0.3) is 5.69 Å². The van der Waals surface area contributed by atoms with Crippen molar-refractivity contribution >= 4 is 49.1 Å². The topological polar surface area (TPSA) is 52.4 Å². The van der Waals surface area contributed by atoms with E-state index in [0.717, 1.165) is 5.56 Å². The highest BCUT2D eigenvalue weighted by molar-refractivity contribution is 9.10. The van der Waals surface area contributed by atoms with Gasteiger partial charge >= 0.3 is 0 Å². The van der Waals surface area contributed by atoms with Crippen molar-refractivity contribution in [2.75, 3.05) is 0 Å². The largest absolute Gasteiger partial charge is 0.456 e. The molecule has 7 heteroatoms. The molecule has 2 rings (SSSR count). The molecule has 0 saturated carbocycles. The van der Waals surface area contributed by atoms with Gasteiger partial charge in [0.05, 0.1) is 4.92 Å². The van der Waals surface area contributed by atoms with E-state index < -0.39 is 4.92 Å². The van der Waals surface area contributed by atoms with Crippen LogP contribution in [-0.4, -0.2) is 4.92 Å². The van der Waals surface area contributed by atoms with Gasteiger partial charge < -0.3 is 4.74 Å². The SMILES string of the molecule is O=[N+]([O-])c1cccc(Oc2ccc(CBr)c(Cl)c2)c1Br. The van der Waals surface area contributed by atoms with Gasteiger partial charge in [-0.1, -0.05) is 39.7 Å². The average Bonchev–Trinajstić information content (AvgIpc) is 2.41. The van der Waals surface area contributed by atoms with E-state index in [1.165, 1.54) is 6.07 Å². The summed E-state index contributed by atoms with van der Waals surface area (Å²) in [6.07, 6.45) is 0. The predicted molar refractivity (Wildman–Crippen MR) is 85.0 cm³/mol. The summed E-state index contributed by atoms with van der Waals surface area (Å²) in [4.78, 5) is 10.4. The van der Waals surface area contributed by atoms with E-state index in [1.54, 1.807) is 24.3 Å². The zero-order valence-electron chi connectivity index (χ0n) is 9.98. The van der Waals surface area contributed by atoms with Crippen LogP contribution in [0, 0.1) is 10.1 Å². The normalized spacial score (nSPS) is 10.3. The molecule has 104 valence electrons. The first kappa shape index (κ1) is 15.3. The fraction of sp³-hybridized carbons (Fsp3) is 0.0769. The number of benzene rings is 2. The summed E-state index contributed by atoms with van der Waals surface area (Å²) in [5, 5.41) is 12.1. The molecule has 0 aromatic heterocycles. The van der Waals surface area contributed by atoms with Crippen molar-refractivity contribution in [2.24, 2.45) is 0 Å². The monoisotopic (exact) mass is 419 g/mol. The van der Waals surface area contributed by atoms with Crippen LogP contribution in [0.2, 0.25) is 5.02 Å². The molecule has 0 N–H and O–H groups in total. The van der Waals surface area contributed by atoms with Crippen LogP contribution in [0.25, 0.3) is 0 Å². The molecule has 0 atom stereocenters. The molecule has 0 aliphatic rings. The minimum atomic E-state index is -0.474. The molecule has 2 aromatic rings. The van der Waals surface area contributed by atoms with E-state index in [1.807, 2.05) is 6.07 Å². The van der Waals surface area contributed by atoms with Crippen molar-refractivity contribution < 1.29 is 9.66 Å². The molecule has 20 heavy (non-hydrogen) atoms. The number of hydrogen-bond donors (Lipinski definition) is 0. The molecule has 0 radical (unpaired) electrons. The lowest BCUT2D eigenvalue weighted by molar-refractivity contribution is -0.385. The van der Waals surface area contributed by atoms with Crippen molar-refractivity contribution in [1.29, 1.82) is 0 Å². The van der Waals surface area contributed by atoms with Crippen LogP contribution in [0.15, 0.2) is 40.9 Å². The van der Waals surface area contributed by atoms with Crippen LogP contribution in [0.4, 0.5) is 5.69 Å². The maximum atomic E-state index is 10.9. The van der Waals surface area contributed by atoms with Crippen LogP contribution in [-0.2, 0) is 5.33 Å². The number of nitrogens with zero attached hydrogens (tertiary/aromatic N) is 1. The molecule has 0 aliphatic carbocycles. The predicted octanol–water partition coefficient (Wildman–Crippen LogP) is 5.70. The Kier molecular flexibility index (Phi) is 5.01. The fourth-order valence-corrected chi connectivity index (χ4v) is 2.92. The van der Waals surface area contributed by atoms with E-state index in [4.69, 9.17) is 16.3 Å².